The normalized spacial score (nSPS) is 9.76. The van der Waals surface area contributed by atoms with Crippen LogP contribution in [0, 0.1) is 0 Å². The van der Waals surface area contributed by atoms with E-state index in [0.717, 1.165) is 6.42 Å². The molecular formula is C12H18N2O3. The van der Waals surface area contributed by atoms with Gasteiger partial charge in [-0.25, -0.2) is 0 Å². The minimum Gasteiger partial charge on any atom is -0.497 e. The van der Waals surface area contributed by atoms with Gasteiger partial charge in [-0.15, -0.1) is 0 Å². The van der Waals surface area contributed by atoms with Gasteiger partial charge in [-0.2, -0.15) is 0 Å². The molecular weight excluding hydrogens is 220 g/mol. The third-order valence-electron chi connectivity index (χ3n) is 2.15. The van der Waals surface area contributed by atoms with Crippen molar-refractivity contribution < 1.29 is 14.3 Å². The molecule has 0 aliphatic rings. The minimum absolute atomic E-state index is 0.0312. The highest BCUT2D eigenvalue weighted by atomic mass is 16.5. The van der Waals surface area contributed by atoms with Crippen LogP contribution in [0.2, 0.25) is 0 Å². The minimum atomic E-state index is -0.151. The molecule has 0 unspecified atom stereocenters. The van der Waals surface area contributed by atoms with E-state index in [2.05, 4.69) is 5.32 Å². The SMILES string of the molecule is CCCNC(=O)COc1ccc(OC)cc1N. The van der Waals surface area contributed by atoms with Crippen molar-refractivity contribution >= 4 is 11.6 Å². The summed E-state index contributed by atoms with van der Waals surface area (Å²) in [5.41, 5.74) is 6.20. The Kier molecular flexibility index (Phi) is 5.13. The predicted octanol–water partition coefficient (Wildman–Crippen LogP) is 1.18. The Hall–Kier alpha value is -1.91. The number of anilines is 1. The van der Waals surface area contributed by atoms with Crippen molar-refractivity contribution in [3.05, 3.63) is 18.2 Å². The molecule has 0 aliphatic heterocycles. The van der Waals surface area contributed by atoms with Gasteiger partial charge < -0.3 is 20.5 Å². The number of ether oxygens (including phenoxy) is 2. The van der Waals surface area contributed by atoms with Crippen molar-refractivity contribution in [1.82, 2.24) is 5.32 Å². The highest BCUT2D eigenvalue weighted by Crippen LogP contribution is 2.25. The number of nitrogen functional groups attached to an aromatic ring is 1. The number of nitrogens with two attached hydrogens (primary N) is 1. The van der Waals surface area contributed by atoms with E-state index in [9.17, 15) is 4.79 Å². The lowest BCUT2D eigenvalue weighted by Crippen LogP contribution is -2.29. The van der Waals surface area contributed by atoms with Gasteiger partial charge in [0.15, 0.2) is 6.61 Å². The average Bonchev–Trinajstić information content (AvgIpc) is 2.34. The highest BCUT2D eigenvalue weighted by molar-refractivity contribution is 5.77. The quantitative estimate of drug-likeness (QED) is 0.730. The summed E-state index contributed by atoms with van der Waals surface area (Å²) in [5, 5.41) is 2.72. The standard InChI is InChI=1S/C12H18N2O3/c1-3-6-14-12(15)8-17-11-5-4-9(16-2)7-10(11)13/h4-5,7H,3,6,8,13H2,1-2H3,(H,14,15). The Morgan fingerprint density at radius 3 is 2.82 bits per heavy atom. The molecule has 1 aromatic rings. The average molecular weight is 238 g/mol. The molecule has 0 radical (unpaired) electrons. The zero-order valence-electron chi connectivity index (χ0n) is 10.2. The molecule has 0 saturated carbocycles. The first-order chi connectivity index (χ1) is 8.17. The molecule has 3 N–H and O–H groups in total. The summed E-state index contributed by atoms with van der Waals surface area (Å²) in [5.74, 6) is 0.991. The maximum Gasteiger partial charge on any atom is 0.257 e. The maximum atomic E-state index is 11.3. The van der Waals surface area contributed by atoms with E-state index in [4.69, 9.17) is 15.2 Å². The van der Waals surface area contributed by atoms with E-state index in [1.54, 1.807) is 25.3 Å². The van der Waals surface area contributed by atoms with Crippen molar-refractivity contribution in [2.75, 3.05) is 26.0 Å². The second-order valence-corrected chi connectivity index (χ2v) is 3.54. The highest BCUT2D eigenvalue weighted by Gasteiger charge is 2.05. The fourth-order valence-corrected chi connectivity index (χ4v) is 1.24. The lowest BCUT2D eigenvalue weighted by atomic mass is 10.3. The molecule has 1 aromatic carbocycles. The van der Waals surface area contributed by atoms with Gasteiger partial charge in [-0.05, 0) is 18.6 Å². The summed E-state index contributed by atoms with van der Waals surface area (Å²) in [6, 6.07) is 5.07. The van der Waals surface area contributed by atoms with Crippen LogP contribution in [0.15, 0.2) is 18.2 Å². The van der Waals surface area contributed by atoms with Gasteiger partial charge in [-0.1, -0.05) is 6.92 Å². The van der Waals surface area contributed by atoms with Crippen LogP contribution in [0.5, 0.6) is 11.5 Å². The monoisotopic (exact) mass is 238 g/mol. The molecule has 94 valence electrons. The number of methoxy groups -OCH3 is 1. The van der Waals surface area contributed by atoms with Crippen LogP contribution in [0.25, 0.3) is 0 Å². The zero-order chi connectivity index (χ0) is 12.7. The lowest BCUT2D eigenvalue weighted by Gasteiger charge is -2.10. The van der Waals surface area contributed by atoms with Gasteiger partial charge in [0.1, 0.15) is 11.5 Å². The van der Waals surface area contributed by atoms with E-state index in [0.29, 0.717) is 23.7 Å². The molecule has 0 saturated heterocycles. The van der Waals surface area contributed by atoms with Gasteiger partial charge in [-0.3, -0.25) is 4.79 Å². The van der Waals surface area contributed by atoms with Gasteiger partial charge in [0.2, 0.25) is 0 Å². The molecule has 0 spiro atoms. The smallest absolute Gasteiger partial charge is 0.257 e. The first-order valence-corrected chi connectivity index (χ1v) is 5.50. The number of hydrogen-bond donors (Lipinski definition) is 2. The number of nitrogens with one attached hydrogen (secondary N) is 1. The predicted molar refractivity (Wildman–Crippen MR) is 66.2 cm³/mol. The molecule has 17 heavy (non-hydrogen) atoms. The molecule has 0 bridgehead atoms. The van der Waals surface area contributed by atoms with Crippen LogP contribution < -0.4 is 20.5 Å². The molecule has 0 heterocycles. The third-order valence-corrected chi connectivity index (χ3v) is 2.15. The Labute approximate surface area is 101 Å². The van der Waals surface area contributed by atoms with Crippen LogP contribution in [0.3, 0.4) is 0 Å². The number of rotatable bonds is 6. The van der Waals surface area contributed by atoms with Crippen molar-refractivity contribution in [2.24, 2.45) is 0 Å². The molecule has 5 nitrogen and oxygen atoms in total. The maximum absolute atomic E-state index is 11.3. The molecule has 1 amide bonds. The van der Waals surface area contributed by atoms with Crippen molar-refractivity contribution in [3.63, 3.8) is 0 Å². The van der Waals surface area contributed by atoms with Crippen molar-refractivity contribution in [1.29, 1.82) is 0 Å². The molecule has 0 fully saturated rings. The Morgan fingerprint density at radius 2 is 2.24 bits per heavy atom. The molecule has 0 atom stereocenters. The van der Waals surface area contributed by atoms with Crippen LogP contribution >= 0.6 is 0 Å². The summed E-state index contributed by atoms with van der Waals surface area (Å²) in [6.45, 7) is 2.61. The zero-order valence-corrected chi connectivity index (χ0v) is 10.2. The summed E-state index contributed by atoms with van der Waals surface area (Å²) in [6.07, 6.45) is 0.899. The largest absolute Gasteiger partial charge is 0.497 e. The molecule has 5 heteroatoms. The Bertz CT molecular complexity index is 380. The number of benzene rings is 1. The number of amides is 1. The van der Waals surface area contributed by atoms with E-state index in [-0.39, 0.29) is 12.5 Å². The van der Waals surface area contributed by atoms with Crippen LogP contribution in [-0.4, -0.2) is 26.2 Å². The van der Waals surface area contributed by atoms with Crippen molar-refractivity contribution in [3.8, 4) is 11.5 Å². The van der Waals surface area contributed by atoms with Gasteiger partial charge in [0.25, 0.3) is 5.91 Å². The van der Waals surface area contributed by atoms with E-state index >= 15 is 0 Å². The fourth-order valence-electron chi connectivity index (χ4n) is 1.24. The molecule has 1 rings (SSSR count). The van der Waals surface area contributed by atoms with Gasteiger partial charge in [0.05, 0.1) is 12.8 Å². The summed E-state index contributed by atoms with van der Waals surface area (Å²) in [7, 11) is 1.56. The third kappa shape index (κ3) is 4.22. The van der Waals surface area contributed by atoms with Gasteiger partial charge >= 0.3 is 0 Å². The van der Waals surface area contributed by atoms with Crippen LogP contribution in [-0.2, 0) is 4.79 Å². The Morgan fingerprint density at radius 1 is 1.47 bits per heavy atom. The number of carbonyl (C=O) groups is 1. The first-order valence-electron chi connectivity index (χ1n) is 5.50. The fraction of sp³-hybridized carbons (Fsp3) is 0.417. The second kappa shape index (κ2) is 6.62. The Balaban J connectivity index is 2.49. The molecule has 0 aromatic heterocycles. The summed E-state index contributed by atoms with van der Waals surface area (Å²) >= 11 is 0. The second-order valence-electron chi connectivity index (χ2n) is 3.54. The summed E-state index contributed by atoms with van der Waals surface area (Å²) in [4.78, 5) is 11.3. The van der Waals surface area contributed by atoms with E-state index in [1.807, 2.05) is 6.92 Å². The van der Waals surface area contributed by atoms with Crippen LogP contribution in [0.4, 0.5) is 5.69 Å². The number of hydrogen-bond acceptors (Lipinski definition) is 4. The van der Waals surface area contributed by atoms with E-state index in [1.165, 1.54) is 0 Å². The van der Waals surface area contributed by atoms with Crippen molar-refractivity contribution in [2.45, 2.75) is 13.3 Å². The molecule has 0 aliphatic carbocycles. The van der Waals surface area contributed by atoms with Gasteiger partial charge in [0, 0.05) is 12.6 Å². The topological polar surface area (TPSA) is 73.6 Å². The number of carbonyl (C=O) groups excluding carboxylic acids is 1. The van der Waals surface area contributed by atoms with Crippen LogP contribution in [0.1, 0.15) is 13.3 Å². The first kappa shape index (κ1) is 13.2. The lowest BCUT2D eigenvalue weighted by molar-refractivity contribution is -0.123. The summed E-state index contributed by atoms with van der Waals surface area (Å²) < 4.78 is 10.3. The van der Waals surface area contributed by atoms with E-state index < -0.39 is 0 Å².